The molecule has 24 heteroatoms. The molecule has 2 fully saturated rings. The van der Waals surface area contributed by atoms with Crippen molar-refractivity contribution in [1.82, 2.24) is 29.9 Å². The van der Waals surface area contributed by atoms with Crippen molar-refractivity contribution in [2.24, 2.45) is 0 Å². The molecule has 11 N–H and O–H groups in total. The van der Waals surface area contributed by atoms with Gasteiger partial charge in [-0.15, -0.1) is 5.10 Å². The molecule has 4 heterocycles. The first-order valence-electron chi connectivity index (χ1n) is 14.2. The number of carboxylic acids is 1. The van der Waals surface area contributed by atoms with Gasteiger partial charge in [-0.05, 0) is 6.07 Å². The van der Waals surface area contributed by atoms with Crippen LogP contribution in [0.1, 0.15) is 25.3 Å². The van der Waals surface area contributed by atoms with E-state index in [4.69, 9.17) is 29.4 Å². The van der Waals surface area contributed by atoms with Crippen LogP contribution in [-0.4, -0.2) is 145 Å². The molecule has 48 heavy (non-hydrogen) atoms. The zero-order valence-corrected chi connectivity index (χ0v) is 26.0. The van der Waals surface area contributed by atoms with E-state index in [2.05, 4.69) is 20.6 Å². The Kier molecular flexibility index (Phi) is 11.7. The minimum absolute atomic E-state index is 0.135. The summed E-state index contributed by atoms with van der Waals surface area (Å²) in [6.07, 6.45) is -13.0. The van der Waals surface area contributed by atoms with Gasteiger partial charge in [0.05, 0.1) is 31.0 Å². The molecule has 1 unspecified atom stereocenters. The fourth-order valence-electron chi connectivity index (χ4n) is 5.17. The number of phosphoric acid groups is 1. The number of carbonyl (C=O) groups excluding carboxylic acids is 1. The lowest BCUT2D eigenvalue weighted by Gasteiger charge is -2.46. The second-order valence-electron chi connectivity index (χ2n) is 11.0. The standard InChI is InChI=1S/C24H36N7O16P/c1-10(33)26-16-12(34)6-24(22(39)40,46-20(16)17(36)13(35)8-30-7-11(3-5-32)28-29-30)47-48(42,43)44-9-14-18(37)19(38)21(45-14)31-4-2-15(25)27-23(31)41/h2,4,7,12-14,16-21,32,34-38H,3,5-6,8-9H2,1H3,(H,26,33)(H,39,40)(H,42,43)(H2,25,27,41)/t12-,13+,14+,16+,17+,18+,19+,20+,21+,24+/m0/s1. The number of hydrogen-bond donors (Lipinski definition) is 10. The van der Waals surface area contributed by atoms with Gasteiger partial charge in [0.15, 0.2) is 6.23 Å². The summed E-state index contributed by atoms with van der Waals surface area (Å²) in [7, 11) is -5.56. The maximum absolute atomic E-state index is 13.0. The lowest BCUT2D eigenvalue weighted by molar-refractivity contribution is -0.288. The Morgan fingerprint density at radius 1 is 1.27 bits per heavy atom. The third-order valence-corrected chi connectivity index (χ3v) is 8.46. The summed E-state index contributed by atoms with van der Waals surface area (Å²) in [5.74, 6) is -6.21. The number of hydrogen-bond acceptors (Lipinski definition) is 18. The van der Waals surface area contributed by atoms with E-state index in [0.717, 1.165) is 22.4 Å². The summed E-state index contributed by atoms with van der Waals surface area (Å²) in [5.41, 5.74) is 4.83. The Morgan fingerprint density at radius 2 is 1.98 bits per heavy atom. The van der Waals surface area contributed by atoms with Crippen molar-refractivity contribution in [2.75, 3.05) is 18.9 Å². The molecular weight excluding hydrogens is 673 g/mol. The van der Waals surface area contributed by atoms with Crippen molar-refractivity contribution < 1.29 is 73.3 Å². The first-order chi connectivity index (χ1) is 22.5. The number of anilines is 1. The molecule has 11 atom stereocenters. The van der Waals surface area contributed by atoms with Crippen LogP contribution < -0.4 is 16.7 Å². The minimum Gasteiger partial charge on any atom is -0.477 e. The number of phosphoric ester groups is 1. The van der Waals surface area contributed by atoms with E-state index in [1.807, 2.05) is 0 Å². The maximum Gasteiger partial charge on any atom is 0.475 e. The number of nitrogen functional groups attached to an aromatic ring is 1. The Labute approximate surface area is 269 Å². The van der Waals surface area contributed by atoms with Crippen LogP contribution in [0.5, 0.6) is 0 Å². The summed E-state index contributed by atoms with van der Waals surface area (Å²) < 4.78 is 35.5. The number of amides is 1. The normalized spacial score (nSPS) is 31.5. The first-order valence-corrected chi connectivity index (χ1v) is 15.7. The summed E-state index contributed by atoms with van der Waals surface area (Å²) in [4.78, 5) is 50.5. The van der Waals surface area contributed by atoms with Crippen molar-refractivity contribution >= 4 is 25.5 Å². The molecule has 2 aliphatic heterocycles. The van der Waals surface area contributed by atoms with Crippen LogP contribution in [0.25, 0.3) is 0 Å². The third-order valence-electron chi connectivity index (χ3n) is 7.46. The van der Waals surface area contributed by atoms with Gasteiger partial charge < -0.3 is 61.2 Å². The first kappa shape index (κ1) is 37.4. The van der Waals surface area contributed by atoms with Crippen LogP contribution in [0.2, 0.25) is 0 Å². The van der Waals surface area contributed by atoms with E-state index in [-0.39, 0.29) is 18.8 Å². The van der Waals surface area contributed by atoms with Gasteiger partial charge in [-0.1, -0.05) is 5.21 Å². The van der Waals surface area contributed by atoms with Gasteiger partial charge in [-0.3, -0.25) is 13.9 Å². The SMILES string of the molecule is CC(=O)N[C@H]1[C@H]([C@H](O)[C@H](O)Cn2cc(CCO)nn2)O[C@](OP(=O)(O)OC[C@H]2O[C@@H](n3ccc(N)nc3=O)[C@H](O)[C@@H]2O)(C(=O)O)C[C@@H]1O. The van der Waals surface area contributed by atoms with Gasteiger partial charge in [0.2, 0.25) is 5.91 Å². The quantitative estimate of drug-likeness (QED) is 0.0818. The maximum atomic E-state index is 13.0. The predicted octanol–water partition coefficient (Wildman–Crippen LogP) is -5.44. The average Bonchev–Trinajstić information content (AvgIpc) is 3.55. The number of rotatable bonds is 14. The predicted molar refractivity (Wildman–Crippen MR) is 152 cm³/mol. The molecule has 0 bridgehead atoms. The molecular formula is C24H36N7O16P. The topological polar surface area (TPSA) is 354 Å². The molecule has 0 spiro atoms. The zero-order chi connectivity index (χ0) is 35.6. The number of aromatic nitrogens is 5. The number of carbonyl (C=O) groups is 2. The molecule has 0 aromatic carbocycles. The number of aliphatic carboxylic acids is 1. The lowest BCUT2D eigenvalue weighted by Crippen LogP contribution is -2.67. The van der Waals surface area contributed by atoms with Crippen LogP contribution in [0.3, 0.4) is 0 Å². The Bertz CT molecular complexity index is 1560. The molecule has 0 radical (unpaired) electrons. The zero-order valence-electron chi connectivity index (χ0n) is 25.1. The number of carboxylic acid groups (broad SMARTS) is 1. The highest BCUT2D eigenvalue weighted by atomic mass is 31.2. The molecule has 2 aromatic rings. The second-order valence-corrected chi connectivity index (χ2v) is 12.4. The highest BCUT2D eigenvalue weighted by Gasteiger charge is 2.59. The number of aliphatic hydroxyl groups is 6. The molecule has 2 aromatic heterocycles. The van der Waals surface area contributed by atoms with Crippen LogP contribution in [0, 0.1) is 0 Å². The average molecular weight is 710 g/mol. The third kappa shape index (κ3) is 8.39. The fraction of sp³-hybridized carbons (Fsp3) is 0.667. The van der Waals surface area contributed by atoms with Gasteiger partial charge in [-0.2, -0.15) is 4.98 Å². The van der Waals surface area contributed by atoms with Crippen LogP contribution in [-0.2, 0) is 45.6 Å². The second kappa shape index (κ2) is 15.0. The summed E-state index contributed by atoms with van der Waals surface area (Å²) in [6.45, 7) is -0.699. The van der Waals surface area contributed by atoms with Crippen LogP contribution in [0.15, 0.2) is 23.3 Å². The van der Waals surface area contributed by atoms with Crippen LogP contribution >= 0.6 is 7.82 Å². The van der Waals surface area contributed by atoms with Gasteiger partial charge >= 0.3 is 19.5 Å². The number of aliphatic hydroxyl groups excluding tert-OH is 6. The number of nitrogens with one attached hydrogen (secondary N) is 1. The molecule has 0 aliphatic carbocycles. The Balaban J connectivity index is 1.51. The highest BCUT2D eigenvalue weighted by molar-refractivity contribution is 7.47. The van der Waals surface area contributed by atoms with Crippen molar-refractivity contribution in [3.63, 3.8) is 0 Å². The monoisotopic (exact) mass is 709 g/mol. The van der Waals surface area contributed by atoms with Crippen molar-refractivity contribution in [3.8, 4) is 0 Å². The fourth-order valence-corrected chi connectivity index (χ4v) is 6.12. The summed E-state index contributed by atoms with van der Waals surface area (Å²) in [5, 5.41) is 82.4. The van der Waals surface area contributed by atoms with Crippen molar-refractivity contribution in [3.05, 3.63) is 34.6 Å². The Hall–Kier alpha value is -3.45. The van der Waals surface area contributed by atoms with E-state index in [1.165, 1.54) is 12.3 Å². The molecule has 23 nitrogen and oxygen atoms in total. The van der Waals surface area contributed by atoms with Gasteiger partial charge in [-0.25, -0.2) is 23.4 Å². The molecule has 2 aliphatic rings. The molecule has 0 saturated carbocycles. The van der Waals surface area contributed by atoms with E-state index in [9.17, 15) is 54.5 Å². The number of ether oxygens (including phenoxy) is 2. The van der Waals surface area contributed by atoms with E-state index in [1.54, 1.807) is 0 Å². The lowest BCUT2D eigenvalue weighted by atomic mass is 9.88. The molecule has 1 amide bonds. The van der Waals surface area contributed by atoms with Crippen LogP contribution in [0.4, 0.5) is 5.82 Å². The van der Waals surface area contributed by atoms with Crippen molar-refractivity contribution in [2.45, 2.75) is 87.1 Å². The molecule has 4 rings (SSSR count). The van der Waals surface area contributed by atoms with E-state index >= 15 is 0 Å². The van der Waals surface area contributed by atoms with Gasteiger partial charge in [0.1, 0.15) is 42.4 Å². The van der Waals surface area contributed by atoms with Gasteiger partial charge in [0, 0.05) is 38.8 Å². The molecule has 2 saturated heterocycles. The highest BCUT2D eigenvalue weighted by Crippen LogP contribution is 2.51. The van der Waals surface area contributed by atoms with E-state index in [0.29, 0.717) is 5.69 Å². The summed E-state index contributed by atoms with van der Waals surface area (Å²) in [6, 6.07) is -0.369. The van der Waals surface area contributed by atoms with E-state index < -0.39 is 106 Å². The van der Waals surface area contributed by atoms with Crippen molar-refractivity contribution in [1.29, 1.82) is 0 Å². The Morgan fingerprint density at radius 3 is 2.60 bits per heavy atom. The number of nitrogens with two attached hydrogens (primary N) is 1. The number of nitrogens with zero attached hydrogens (tertiary/aromatic N) is 5. The molecule has 268 valence electrons. The van der Waals surface area contributed by atoms with Gasteiger partial charge in [0.25, 0.3) is 5.79 Å². The summed E-state index contributed by atoms with van der Waals surface area (Å²) >= 11 is 0. The minimum atomic E-state index is -5.56. The smallest absolute Gasteiger partial charge is 0.475 e. The largest absolute Gasteiger partial charge is 0.477 e.